The van der Waals surface area contributed by atoms with E-state index in [9.17, 15) is 4.79 Å². The highest BCUT2D eigenvalue weighted by Crippen LogP contribution is 2.34. The Morgan fingerprint density at radius 1 is 1.12 bits per heavy atom. The van der Waals surface area contributed by atoms with E-state index in [1.807, 2.05) is 36.4 Å². The second-order valence-electron chi connectivity index (χ2n) is 5.91. The largest absolute Gasteiger partial charge is 0.486 e. The van der Waals surface area contributed by atoms with Crippen molar-refractivity contribution in [1.82, 2.24) is 5.32 Å². The number of fused-ring (bicyclic) bond motifs is 1. The summed E-state index contributed by atoms with van der Waals surface area (Å²) in [6.45, 7) is 3.28. The van der Waals surface area contributed by atoms with Crippen LogP contribution >= 0.6 is 11.8 Å². The Bertz CT molecular complexity index is 705. The Labute approximate surface area is 152 Å². The molecule has 0 fully saturated rings. The zero-order valence-corrected chi connectivity index (χ0v) is 15.2. The van der Waals surface area contributed by atoms with E-state index in [4.69, 9.17) is 9.47 Å². The molecule has 0 aromatic heterocycles. The Hall–Kier alpha value is -2.14. The maximum Gasteiger partial charge on any atom is 0.230 e. The van der Waals surface area contributed by atoms with Crippen LogP contribution in [0.25, 0.3) is 0 Å². The molecule has 132 valence electrons. The first-order valence-corrected chi connectivity index (χ1v) is 9.61. The fraction of sp³-hybridized carbons (Fsp3) is 0.350. The summed E-state index contributed by atoms with van der Waals surface area (Å²) >= 11 is 1.51. The number of thioether (sulfide) groups is 1. The van der Waals surface area contributed by atoms with Crippen molar-refractivity contribution in [1.29, 1.82) is 0 Å². The number of nitrogens with one attached hydrogen (secondary N) is 1. The summed E-state index contributed by atoms with van der Waals surface area (Å²) in [7, 11) is 0. The van der Waals surface area contributed by atoms with E-state index < -0.39 is 0 Å². The standard InChI is InChI=1S/C20H23NO3S/c1-2-6-17(15-7-4-3-5-8-15)21-20(22)14-25-16-9-10-18-19(13-16)24-12-11-23-18/h3-5,7-10,13,17H,2,6,11-12,14H2,1H3,(H,21,22)/t17-/m1/s1. The third-order valence-electron chi connectivity index (χ3n) is 4.00. The molecule has 0 spiro atoms. The minimum absolute atomic E-state index is 0.0437. The lowest BCUT2D eigenvalue weighted by Crippen LogP contribution is -2.29. The topological polar surface area (TPSA) is 47.6 Å². The number of carbonyl (C=O) groups excluding carboxylic acids is 1. The maximum atomic E-state index is 12.4. The van der Waals surface area contributed by atoms with Crippen LogP contribution < -0.4 is 14.8 Å². The van der Waals surface area contributed by atoms with Gasteiger partial charge in [0.05, 0.1) is 11.8 Å². The van der Waals surface area contributed by atoms with Gasteiger partial charge in [0.15, 0.2) is 11.5 Å². The molecule has 1 atom stereocenters. The molecule has 2 aromatic carbocycles. The van der Waals surface area contributed by atoms with Gasteiger partial charge in [-0.05, 0) is 30.2 Å². The van der Waals surface area contributed by atoms with Crippen molar-refractivity contribution in [3.05, 3.63) is 54.1 Å². The van der Waals surface area contributed by atoms with Gasteiger partial charge >= 0.3 is 0 Å². The monoisotopic (exact) mass is 357 g/mol. The van der Waals surface area contributed by atoms with Gasteiger partial charge in [-0.3, -0.25) is 4.79 Å². The Morgan fingerprint density at radius 3 is 2.64 bits per heavy atom. The number of benzene rings is 2. The fourth-order valence-corrected chi connectivity index (χ4v) is 3.53. The summed E-state index contributed by atoms with van der Waals surface area (Å²) in [5.74, 6) is 1.95. The molecular weight excluding hydrogens is 334 g/mol. The Balaban J connectivity index is 1.56. The normalized spacial score (nSPS) is 14.0. The molecule has 0 unspecified atom stereocenters. The van der Waals surface area contributed by atoms with Crippen LogP contribution in [0.4, 0.5) is 0 Å². The van der Waals surface area contributed by atoms with E-state index in [0.717, 1.165) is 34.8 Å². The second-order valence-corrected chi connectivity index (χ2v) is 6.96. The van der Waals surface area contributed by atoms with E-state index in [1.54, 1.807) is 0 Å². The van der Waals surface area contributed by atoms with Crippen LogP contribution in [0.2, 0.25) is 0 Å². The van der Waals surface area contributed by atoms with Crippen LogP contribution in [-0.4, -0.2) is 24.9 Å². The van der Waals surface area contributed by atoms with Gasteiger partial charge in [-0.15, -0.1) is 11.8 Å². The van der Waals surface area contributed by atoms with E-state index >= 15 is 0 Å². The number of amides is 1. The van der Waals surface area contributed by atoms with Crippen LogP contribution in [0.5, 0.6) is 11.5 Å². The summed E-state index contributed by atoms with van der Waals surface area (Å²) in [6.07, 6.45) is 1.96. The first-order valence-electron chi connectivity index (χ1n) is 8.63. The molecule has 0 aliphatic carbocycles. The molecule has 2 aromatic rings. The Morgan fingerprint density at radius 2 is 1.88 bits per heavy atom. The molecule has 3 rings (SSSR count). The predicted molar refractivity (Wildman–Crippen MR) is 100 cm³/mol. The third-order valence-corrected chi connectivity index (χ3v) is 4.99. The highest BCUT2D eigenvalue weighted by atomic mass is 32.2. The average molecular weight is 357 g/mol. The zero-order valence-electron chi connectivity index (χ0n) is 14.4. The molecule has 25 heavy (non-hydrogen) atoms. The van der Waals surface area contributed by atoms with Gasteiger partial charge in [0.2, 0.25) is 5.91 Å². The lowest BCUT2D eigenvalue weighted by molar-refractivity contribution is -0.119. The molecule has 1 aliphatic rings. The number of rotatable bonds is 7. The van der Waals surface area contributed by atoms with E-state index in [0.29, 0.717) is 19.0 Å². The fourth-order valence-electron chi connectivity index (χ4n) is 2.79. The molecular formula is C20H23NO3S. The number of carbonyl (C=O) groups is 1. The second kappa shape index (κ2) is 8.81. The first-order chi connectivity index (χ1) is 12.3. The zero-order chi connectivity index (χ0) is 17.5. The molecule has 1 amide bonds. The molecule has 0 saturated heterocycles. The molecule has 0 bridgehead atoms. The van der Waals surface area contributed by atoms with Crippen LogP contribution in [0.1, 0.15) is 31.4 Å². The number of ether oxygens (including phenoxy) is 2. The first kappa shape index (κ1) is 17.7. The highest BCUT2D eigenvalue weighted by molar-refractivity contribution is 8.00. The summed E-state index contributed by atoms with van der Waals surface area (Å²) < 4.78 is 11.1. The smallest absolute Gasteiger partial charge is 0.230 e. The highest BCUT2D eigenvalue weighted by Gasteiger charge is 2.15. The van der Waals surface area contributed by atoms with E-state index in [2.05, 4.69) is 24.4 Å². The molecule has 0 radical (unpaired) electrons. The molecule has 0 saturated carbocycles. The van der Waals surface area contributed by atoms with Crippen LogP contribution in [0, 0.1) is 0 Å². The number of hydrogen-bond donors (Lipinski definition) is 1. The summed E-state index contributed by atoms with van der Waals surface area (Å²) in [6, 6.07) is 16.0. The minimum atomic E-state index is 0.0437. The van der Waals surface area contributed by atoms with Gasteiger partial charge in [0.25, 0.3) is 0 Å². The van der Waals surface area contributed by atoms with Crippen LogP contribution in [0.15, 0.2) is 53.4 Å². The molecule has 1 N–H and O–H groups in total. The summed E-state index contributed by atoms with van der Waals surface area (Å²) in [5, 5.41) is 3.15. The van der Waals surface area contributed by atoms with Gasteiger partial charge in [0, 0.05) is 4.90 Å². The van der Waals surface area contributed by atoms with Gasteiger partial charge in [0.1, 0.15) is 13.2 Å². The van der Waals surface area contributed by atoms with Crippen molar-refractivity contribution in [3.8, 4) is 11.5 Å². The van der Waals surface area contributed by atoms with Crippen molar-refractivity contribution in [2.24, 2.45) is 0 Å². The van der Waals surface area contributed by atoms with Crippen molar-refractivity contribution in [2.45, 2.75) is 30.7 Å². The van der Waals surface area contributed by atoms with Gasteiger partial charge in [-0.25, -0.2) is 0 Å². The minimum Gasteiger partial charge on any atom is -0.486 e. The molecule has 1 heterocycles. The molecule has 4 nitrogen and oxygen atoms in total. The van der Waals surface area contributed by atoms with Gasteiger partial charge in [-0.2, -0.15) is 0 Å². The summed E-state index contributed by atoms with van der Waals surface area (Å²) in [5.41, 5.74) is 1.15. The maximum absolute atomic E-state index is 12.4. The summed E-state index contributed by atoms with van der Waals surface area (Å²) in [4.78, 5) is 13.4. The lowest BCUT2D eigenvalue weighted by Gasteiger charge is -2.19. The van der Waals surface area contributed by atoms with Gasteiger partial charge in [-0.1, -0.05) is 43.7 Å². The SMILES string of the molecule is CCC[C@@H](NC(=O)CSc1ccc2c(c1)OCCO2)c1ccccc1. The van der Waals surface area contributed by atoms with Crippen LogP contribution in [0.3, 0.4) is 0 Å². The average Bonchev–Trinajstić information content (AvgIpc) is 2.66. The molecule has 1 aliphatic heterocycles. The third kappa shape index (κ3) is 4.92. The van der Waals surface area contributed by atoms with Crippen LogP contribution in [-0.2, 0) is 4.79 Å². The predicted octanol–water partition coefficient (Wildman–Crippen LogP) is 4.21. The van der Waals surface area contributed by atoms with E-state index in [1.165, 1.54) is 11.8 Å². The quantitative estimate of drug-likeness (QED) is 0.754. The van der Waals surface area contributed by atoms with Crippen molar-refractivity contribution >= 4 is 17.7 Å². The van der Waals surface area contributed by atoms with Gasteiger partial charge < -0.3 is 14.8 Å². The van der Waals surface area contributed by atoms with E-state index in [-0.39, 0.29) is 11.9 Å². The molecule has 5 heteroatoms. The lowest BCUT2D eigenvalue weighted by atomic mass is 10.0. The van der Waals surface area contributed by atoms with Crippen molar-refractivity contribution < 1.29 is 14.3 Å². The Kier molecular flexibility index (Phi) is 6.23. The number of hydrogen-bond acceptors (Lipinski definition) is 4. The van der Waals surface area contributed by atoms with Crippen molar-refractivity contribution in [2.75, 3.05) is 19.0 Å². The van der Waals surface area contributed by atoms with Crippen molar-refractivity contribution in [3.63, 3.8) is 0 Å².